The number of fused-ring (bicyclic) bond motifs is 2. The van der Waals surface area contributed by atoms with Crippen molar-refractivity contribution in [3.63, 3.8) is 0 Å². The predicted molar refractivity (Wildman–Crippen MR) is 128 cm³/mol. The van der Waals surface area contributed by atoms with Crippen LogP contribution in [0.15, 0.2) is 54.6 Å². The molecule has 3 aliphatic rings. The Labute approximate surface area is 194 Å². The summed E-state index contributed by atoms with van der Waals surface area (Å²) in [6.45, 7) is 2.23. The number of ketones is 2. The summed E-state index contributed by atoms with van der Waals surface area (Å²) in [4.78, 5) is 22.3. The molecule has 0 bridgehead atoms. The molecule has 0 heterocycles. The Hall–Kier alpha value is -2.88. The average Bonchev–Trinajstić information content (AvgIpc) is 2.82. The first-order chi connectivity index (χ1) is 15.9. The van der Waals surface area contributed by atoms with Crippen molar-refractivity contribution in [2.75, 3.05) is 0 Å². The minimum Gasteiger partial charge on any atom is -0.294 e. The van der Waals surface area contributed by atoms with Gasteiger partial charge in [-0.1, -0.05) is 74.4 Å². The number of alkyl halides is 2. The Morgan fingerprint density at radius 1 is 0.879 bits per heavy atom. The third-order valence-electron chi connectivity index (χ3n) is 7.02. The molecule has 4 heteroatoms. The Morgan fingerprint density at radius 2 is 1.61 bits per heavy atom. The normalized spacial score (nSPS) is 22.8. The van der Waals surface area contributed by atoms with Gasteiger partial charge in [-0.25, -0.2) is 0 Å². The second-order valence-corrected chi connectivity index (χ2v) is 9.30. The van der Waals surface area contributed by atoms with E-state index in [4.69, 9.17) is 0 Å². The van der Waals surface area contributed by atoms with Crippen LogP contribution >= 0.6 is 0 Å². The molecule has 33 heavy (non-hydrogen) atoms. The monoisotopic (exact) mass is 448 g/mol. The lowest BCUT2D eigenvalue weighted by atomic mass is 9.76. The van der Waals surface area contributed by atoms with E-state index in [1.807, 2.05) is 36.4 Å². The van der Waals surface area contributed by atoms with Crippen molar-refractivity contribution in [2.45, 2.75) is 63.7 Å². The van der Waals surface area contributed by atoms with Crippen molar-refractivity contribution in [1.29, 1.82) is 0 Å². The molecular weight excluding hydrogens is 418 g/mol. The third-order valence-corrected chi connectivity index (χ3v) is 7.02. The van der Waals surface area contributed by atoms with Crippen molar-refractivity contribution < 1.29 is 18.4 Å². The van der Waals surface area contributed by atoms with Crippen LogP contribution in [0.25, 0.3) is 12.2 Å². The Morgan fingerprint density at radius 3 is 2.36 bits per heavy atom. The van der Waals surface area contributed by atoms with E-state index in [0.29, 0.717) is 17.9 Å². The number of carbonyl (C=O) groups excluding carboxylic acids is 2. The summed E-state index contributed by atoms with van der Waals surface area (Å²) < 4.78 is 27.8. The maximum Gasteiger partial charge on any atom is 0.334 e. The van der Waals surface area contributed by atoms with Crippen molar-refractivity contribution in [1.82, 2.24) is 0 Å². The van der Waals surface area contributed by atoms with Gasteiger partial charge >= 0.3 is 5.92 Å². The summed E-state index contributed by atoms with van der Waals surface area (Å²) in [5, 5.41) is 0. The lowest BCUT2D eigenvalue weighted by Crippen LogP contribution is -2.27. The number of hydrogen-bond acceptors (Lipinski definition) is 2. The fourth-order valence-electron chi connectivity index (χ4n) is 5.14. The number of hydrogen-bond donors (Lipinski definition) is 0. The molecule has 1 saturated carbocycles. The maximum atomic E-state index is 13.9. The van der Waals surface area contributed by atoms with Gasteiger partial charge in [0.15, 0.2) is 5.78 Å². The molecule has 0 amide bonds. The van der Waals surface area contributed by atoms with Crippen molar-refractivity contribution in [3.05, 3.63) is 82.4 Å². The summed E-state index contributed by atoms with van der Waals surface area (Å²) >= 11 is 0. The van der Waals surface area contributed by atoms with E-state index in [1.165, 1.54) is 43.4 Å². The molecule has 3 aliphatic carbocycles. The molecule has 0 N–H and O–H groups in total. The number of benzene rings is 2. The maximum absolute atomic E-state index is 13.9. The van der Waals surface area contributed by atoms with Gasteiger partial charge in [-0.2, -0.15) is 8.78 Å². The van der Waals surface area contributed by atoms with Crippen molar-refractivity contribution in [3.8, 4) is 0 Å². The molecule has 5 rings (SSSR count). The molecule has 172 valence electrons. The molecule has 1 fully saturated rings. The average molecular weight is 449 g/mol. The molecule has 2 aromatic rings. The minimum absolute atomic E-state index is 0.150. The van der Waals surface area contributed by atoms with Gasteiger partial charge in [-0.3, -0.25) is 9.59 Å². The van der Waals surface area contributed by atoms with E-state index in [-0.39, 0.29) is 11.3 Å². The standard InChI is InChI=1S/C19H22F2O.C10H8O/c1-2-3-13-4-6-14(7-5-13)15-8-10-17-16(12-15)9-11-18(22)19(17,20)21;11-10-6-5-8-3-1-2-4-9(8)7-10/h8-14H,2-7H2,1H3;1-6H,7H2. The van der Waals surface area contributed by atoms with Crippen molar-refractivity contribution in [2.24, 2.45) is 5.92 Å². The van der Waals surface area contributed by atoms with E-state index in [0.717, 1.165) is 36.0 Å². The molecule has 0 atom stereocenters. The molecule has 2 aromatic carbocycles. The zero-order valence-corrected chi connectivity index (χ0v) is 19.0. The van der Waals surface area contributed by atoms with Crippen LogP contribution in [0.4, 0.5) is 8.78 Å². The molecule has 0 spiro atoms. The zero-order valence-electron chi connectivity index (χ0n) is 19.0. The largest absolute Gasteiger partial charge is 0.334 e. The topological polar surface area (TPSA) is 34.1 Å². The smallest absolute Gasteiger partial charge is 0.294 e. The first kappa shape index (κ1) is 23.3. The van der Waals surface area contributed by atoms with Crippen LogP contribution < -0.4 is 0 Å². The molecule has 0 aliphatic heterocycles. The van der Waals surface area contributed by atoms with Crippen LogP contribution in [-0.2, 0) is 21.9 Å². The lowest BCUT2D eigenvalue weighted by molar-refractivity contribution is -0.139. The fourth-order valence-corrected chi connectivity index (χ4v) is 5.14. The third kappa shape index (κ3) is 5.21. The highest BCUT2D eigenvalue weighted by atomic mass is 19.3. The van der Waals surface area contributed by atoms with Gasteiger partial charge < -0.3 is 0 Å². The Balaban J connectivity index is 0.000000196. The van der Waals surface area contributed by atoms with Gasteiger partial charge in [0.05, 0.1) is 0 Å². The van der Waals surface area contributed by atoms with Crippen LogP contribution in [0.5, 0.6) is 0 Å². The number of halogens is 2. The summed E-state index contributed by atoms with van der Waals surface area (Å²) in [5.41, 5.74) is 3.80. The van der Waals surface area contributed by atoms with Crippen LogP contribution in [0.1, 0.15) is 79.2 Å². The number of carbonyl (C=O) groups is 2. The van der Waals surface area contributed by atoms with Crippen LogP contribution in [0, 0.1) is 5.92 Å². The second kappa shape index (κ2) is 9.94. The summed E-state index contributed by atoms with van der Waals surface area (Å²) in [6, 6.07) is 13.1. The van der Waals surface area contributed by atoms with Gasteiger partial charge in [0.25, 0.3) is 0 Å². The van der Waals surface area contributed by atoms with Gasteiger partial charge in [0, 0.05) is 12.0 Å². The zero-order chi connectivity index (χ0) is 23.4. The van der Waals surface area contributed by atoms with Gasteiger partial charge in [-0.15, -0.1) is 0 Å². The van der Waals surface area contributed by atoms with E-state index in [2.05, 4.69) is 6.92 Å². The molecular formula is C29H30F2O2. The minimum atomic E-state index is -3.37. The van der Waals surface area contributed by atoms with Crippen LogP contribution in [-0.4, -0.2) is 11.6 Å². The first-order valence-corrected chi connectivity index (χ1v) is 11.9. The van der Waals surface area contributed by atoms with E-state index < -0.39 is 11.7 Å². The molecule has 2 nitrogen and oxygen atoms in total. The number of allylic oxidation sites excluding steroid dienone is 2. The van der Waals surface area contributed by atoms with Gasteiger partial charge in [0.2, 0.25) is 5.78 Å². The van der Waals surface area contributed by atoms with Crippen LogP contribution in [0.2, 0.25) is 0 Å². The molecule has 0 saturated heterocycles. The highest BCUT2D eigenvalue weighted by Crippen LogP contribution is 2.41. The number of rotatable bonds is 3. The fraction of sp³-hybridized carbons (Fsp3) is 0.379. The lowest BCUT2D eigenvalue weighted by Gasteiger charge is -2.29. The van der Waals surface area contributed by atoms with E-state index >= 15 is 0 Å². The van der Waals surface area contributed by atoms with Gasteiger partial charge in [-0.05, 0) is 71.9 Å². The Bertz CT molecular complexity index is 1090. The summed E-state index contributed by atoms with van der Waals surface area (Å²) in [5.74, 6) is -2.99. The van der Waals surface area contributed by atoms with E-state index in [1.54, 1.807) is 12.1 Å². The quantitative estimate of drug-likeness (QED) is 0.495. The molecule has 0 radical (unpaired) electrons. The summed E-state index contributed by atoms with van der Waals surface area (Å²) in [6.07, 6.45) is 13.9. The Kier molecular flexibility index (Phi) is 7.02. The van der Waals surface area contributed by atoms with Gasteiger partial charge in [0.1, 0.15) is 0 Å². The first-order valence-electron chi connectivity index (χ1n) is 11.9. The predicted octanol–water partition coefficient (Wildman–Crippen LogP) is 7.27. The highest BCUT2D eigenvalue weighted by molar-refractivity contribution is 6.02. The molecule has 0 unspecified atom stereocenters. The van der Waals surface area contributed by atoms with Crippen molar-refractivity contribution >= 4 is 23.7 Å². The highest BCUT2D eigenvalue weighted by Gasteiger charge is 2.42. The molecule has 0 aromatic heterocycles. The van der Waals surface area contributed by atoms with Crippen LogP contribution in [0.3, 0.4) is 0 Å². The SMILES string of the molecule is CCCC1CCC(c2ccc3c(c2)C=CC(=O)C3(F)F)CC1.O=C1C=Cc2ccccc2C1. The second-order valence-electron chi connectivity index (χ2n) is 9.30. The van der Waals surface area contributed by atoms with E-state index in [9.17, 15) is 18.4 Å². The summed E-state index contributed by atoms with van der Waals surface area (Å²) in [7, 11) is 0.